The molecule has 27 heavy (non-hydrogen) atoms. The van der Waals surface area contributed by atoms with E-state index in [4.69, 9.17) is 4.52 Å². The van der Waals surface area contributed by atoms with Gasteiger partial charge in [-0.2, -0.15) is 4.98 Å². The molecule has 2 aromatic heterocycles. The molecular formula is C18H23ClN6OS. The second-order valence-electron chi connectivity index (χ2n) is 6.53. The van der Waals surface area contributed by atoms with E-state index in [1.54, 1.807) is 11.8 Å². The molecule has 0 aliphatic carbocycles. The first-order chi connectivity index (χ1) is 12.8. The zero-order valence-corrected chi connectivity index (χ0v) is 16.8. The SMILES string of the molecule is Cl.Cn1c(CC2CCNCC2)nnc1SCc1noc(-c2ccccc2)n1. The van der Waals surface area contributed by atoms with Gasteiger partial charge in [-0.25, -0.2) is 0 Å². The van der Waals surface area contributed by atoms with E-state index in [-0.39, 0.29) is 12.4 Å². The lowest BCUT2D eigenvalue weighted by molar-refractivity contribution is 0.363. The fourth-order valence-corrected chi connectivity index (χ4v) is 3.91. The minimum atomic E-state index is 0. The van der Waals surface area contributed by atoms with E-state index in [1.165, 1.54) is 12.8 Å². The molecule has 7 nitrogen and oxygen atoms in total. The number of hydrogen-bond donors (Lipinski definition) is 1. The average Bonchev–Trinajstić information content (AvgIpc) is 3.29. The monoisotopic (exact) mass is 406 g/mol. The summed E-state index contributed by atoms with van der Waals surface area (Å²) in [5, 5.41) is 17.1. The standard InChI is InChI=1S/C18H22N6OS.ClH/c1-24-16(11-13-7-9-19-10-8-13)21-22-18(24)26-12-15-20-17(25-23-15)14-5-3-2-4-6-14;/h2-6,13,19H,7-12H2,1H3;1H. The summed E-state index contributed by atoms with van der Waals surface area (Å²) in [5.74, 6) is 3.57. The van der Waals surface area contributed by atoms with Gasteiger partial charge in [0.25, 0.3) is 5.89 Å². The second kappa shape index (κ2) is 9.34. The molecule has 1 N–H and O–H groups in total. The Kier molecular flexibility index (Phi) is 6.87. The fraction of sp³-hybridized carbons (Fsp3) is 0.444. The zero-order chi connectivity index (χ0) is 17.8. The molecule has 4 rings (SSSR count). The summed E-state index contributed by atoms with van der Waals surface area (Å²) in [6.07, 6.45) is 3.41. The van der Waals surface area contributed by atoms with Gasteiger partial charge in [-0.15, -0.1) is 22.6 Å². The van der Waals surface area contributed by atoms with Crippen LogP contribution in [-0.4, -0.2) is 38.0 Å². The first-order valence-electron chi connectivity index (χ1n) is 8.89. The van der Waals surface area contributed by atoms with Crippen LogP contribution in [0.1, 0.15) is 24.5 Å². The summed E-state index contributed by atoms with van der Waals surface area (Å²) in [6.45, 7) is 2.21. The van der Waals surface area contributed by atoms with Gasteiger partial charge >= 0.3 is 0 Å². The minimum absolute atomic E-state index is 0. The lowest BCUT2D eigenvalue weighted by Gasteiger charge is -2.21. The molecule has 3 heterocycles. The molecule has 0 radical (unpaired) electrons. The minimum Gasteiger partial charge on any atom is -0.334 e. The van der Waals surface area contributed by atoms with E-state index < -0.39 is 0 Å². The number of halogens is 1. The van der Waals surface area contributed by atoms with Crippen LogP contribution in [0, 0.1) is 5.92 Å². The summed E-state index contributed by atoms with van der Waals surface area (Å²) >= 11 is 1.58. The van der Waals surface area contributed by atoms with Crippen molar-refractivity contribution in [2.75, 3.05) is 13.1 Å². The second-order valence-corrected chi connectivity index (χ2v) is 7.47. The molecule has 1 aliphatic heterocycles. The van der Waals surface area contributed by atoms with Gasteiger partial charge in [-0.3, -0.25) is 0 Å². The Morgan fingerprint density at radius 3 is 2.74 bits per heavy atom. The largest absolute Gasteiger partial charge is 0.334 e. The molecule has 1 aromatic carbocycles. The highest BCUT2D eigenvalue weighted by atomic mass is 35.5. The first-order valence-corrected chi connectivity index (χ1v) is 9.88. The van der Waals surface area contributed by atoms with Crippen molar-refractivity contribution in [3.05, 3.63) is 42.0 Å². The van der Waals surface area contributed by atoms with Crippen LogP contribution in [0.4, 0.5) is 0 Å². The highest BCUT2D eigenvalue weighted by Crippen LogP contribution is 2.24. The molecule has 0 bridgehead atoms. The first kappa shape index (κ1) is 19.9. The van der Waals surface area contributed by atoms with E-state index in [2.05, 4.69) is 30.2 Å². The summed E-state index contributed by atoms with van der Waals surface area (Å²) < 4.78 is 7.44. The number of hydrogen-bond acceptors (Lipinski definition) is 7. The Hall–Kier alpha value is -1.90. The van der Waals surface area contributed by atoms with Crippen LogP contribution < -0.4 is 5.32 Å². The smallest absolute Gasteiger partial charge is 0.257 e. The normalized spacial score (nSPS) is 14.9. The van der Waals surface area contributed by atoms with E-state index in [9.17, 15) is 0 Å². The maximum atomic E-state index is 5.35. The highest BCUT2D eigenvalue weighted by molar-refractivity contribution is 7.98. The van der Waals surface area contributed by atoms with Crippen molar-refractivity contribution in [3.63, 3.8) is 0 Å². The van der Waals surface area contributed by atoms with Gasteiger partial charge in [0.05, 0.1) is 5.75 Å². The molecule has 0 amide bonds. The number of aromatic nitrogens is 5. The number of nitrogens with one attached hydrogen (secondary N) is 1. The number of nitrogens with zero attached hydrogens (tertiary/aromatic N) is 5. The van der Waals surface area contributed by atoms with Crippen molar-refractivity contribution in [2.24, 2.45) is 13.0 Å². The molecule has 0 atom stereocenters. The number of thioether (sulfide) groups is 1. The van der Waals surface area contributed by atoms with E-state index in [1.807, 2.05) is 37.4 Å². The third-order valence-electron chi connectivity index (χ3n) is 4.67. The molecule has 1 saturated heterocycles. The molecule has 0 saturated carbocycles. The van der Waals surface area contributed by atoms with Gasteiger partial charge in [0.15, 0.2) is 11.0 Å². The van der Waals surface area contributed by atoms with Gasteiger partial charge in [-0.1, -0.05) is 35.1 Å². The quantitative estimate of drug-likeness (QED) is 0.629. The van der Waals surface area contributed by atoms with Crippen LogP contribution in [0.15, 0.2) is 40.0 Å². The Morgan fingerprint density at radius 2 is 1.96 bits per heavy atom. The van der Waals surface area contributed by atoms with Crippen LogP contribution in [0.25, 0.3) is 11.5 Å². The number of rotatable bonds is 6. The summed E-state index contributed by atoms with van der Waals surface area (Å²) in [7, 11) is 2.03. The fourth-order valence-electron chi connectivity index (χ4n) is 3.13. The van der Waals surface area contributed by atoms with E-state index in [0.717, 1.165) is 36.1 Å². The number of benzene rings is 1. The lowest BCUT2D eigenvalue weighted by atomic mass is 9.94. The van der Waals surface area contributed by atoms with E-state index in [0.29, 0.717) is 23.4 Å². The summed E-state index contributed by atoms with van der Waals surface area (Å²) in [5.41, 5.74) is 0.930. The van der Waals surface area contributed by atoms with Gasteiger partial charge < -0.3 is 14.4 Å². The number of piperidine rings is 1. The third kappa shape index (κ3) is 4.88. The molecule has 0 spiro atoms. The molecule has 0 unspecified atom stereocenters. The maximum absolute atomic E-state index is 5.35. The predicted octanol–water partition coefficient (Wildman–Crippen LogP) is 3.12. The van der Waals surface area contributed by atoms with Crippen molar-refractivity contribution in [2.45, 2.75) is 30.2 Å². The Balaban J connectivity index is 0.00000210. The Bertz CT molecular complexity index is 847. The molecule has 3 aromatic rings. The average molecular weight is 407 g/mol. The van der Waals surface area contributed by atoms with Gasteiger partial charge in [-0.05, 0) is 44.0 Å². The lowest BCUT2D eigenvalue weighted by Crippen LogP contribution is -2.29. The van der Waals surface area contributed by atoms with Crippen LogP contribution >= 0.6 is 24.2 Å². The van der Waals surface area contributed by atoms with Crippen molar-refractivity contribution in [3.8, 4) is 11.5 Å². The van der Waals surface area contributed by atoms with Crippen LogP contribution in [-0.2, 0) is 19.2 Å². The van der Waals surface area contributed by atoms with Crippen molar-refractivity contribution < 1.29 is 4.52 Å². The topological polar surface area (TPSA) is 81.7 Å². The highest BCUT2D eigenvalue weighted by Gasteiger charge is 2.18. The Labute approximate surface area is 168 Å². The maximum Gasteiger partial charge on any atom is 0.257 e. The van der Waals surface area contributed by atoms with Gasteiger partial charge in [0, 0.05) is 19.0 Å². The summed E-state index contributed by atoms with van der Waals surface area (Å²) in [6, 6.07) is 9.79. The van der Waals surface area contributed by atoms with Gasteiger partial charge in [0.2, 0.25) is 0 Å². The van der Waals surface area contributed by atoms with E-state index >= 15 is 0 Å². The van der Waals surface area contributed by atoms with Crippen molar-refractivity contribution in [1.82, 2.24) is 30.2 Å². The van der Waals surface area contributed by atoms with Crippen LogP contribution in [0.5, 0.6) is 0 Å². The van der Waals surface area contributed by atoms with Gasteiger partial charge in [0.1, 0.15) is 5.82 Å². The third-order valence-corrected chi connectivity index (χ3v) is 5.69. The van der Waals surface area contributed by atoms with Crippen molar-refractivity contribution in [1.29, 1.82) is 0 Å². The molecule has 1 fully saturated rings. The Morgan fingerprint density at radius 1 is 1.19 bits per heavy atom. The zero-order valence-electron chi connectivity index (χ0n) is 15.2. The van der Waals surface area contributed by atoms with Crippen LogP contribution in [0.3, 0.4) is 0 Å². The molecule has 9 heteroatoms. The predicted molar refractivity (Wildman–Crippen MR) is 107 cm³/mol. The van der Waals surface area contributed by atoms with Crippen molar-refractivity contribution >= 4 is 24.2 Å². The molecule has 1 aliphatic rings. The summed E-state index contributed by atoms with van der Waals surface area (Å²) in [4.78, 5) is 4.46. The molecule has 144 valence electrons. The van der Waals surface area contributed by atoms with Crippen LogP contribution in [0.2, 0.25) is 0 Å². The molecular weight excluding hydrogens is 384 g/mol.